The van der Waals surface area contributed by atoms with Gasteiger partial charge in [0, 0.05) is 32.3 Å². The highest BCUT2D eigenvalue weighted by Crippen LogP contribution is 2.29. The number of ether oxygens (including phenoxy) is 1. The molecule has 0 radical (unpaired) electrons. The van der Waals surface area contributed by atoms with Gasteiger partial charge < -0.3 is 10.1 Å². The summed E-state index contributed by atoms with van der Waals surface area (Å²) in [4.78, 5) is 2.63. The molecule has 3 nitrogen and oxygen atoms in total. The summed E-state index contributed by atoms with van der Waals surface area (Å²) >= 11 is 0. The van der Waals surface area contributed by atoms with Gasteiger partial charge in [0.2, 0.25) is 0 Å². The molecule has 0 amide bonds. The van der Waals surface area contributed by atoms with Gasteiger partial charge in [-0.1, -0.05) is 13.8 Å². The Bertz CT molecular complexity index is 235. The fraction of sp³-hybridized carbons (Fsp3) is 1.00. The van der Waals surface area contributed by atoms with Gasteiger partial charge in [0.25, 0.3) is 0 Å². The lowest BCUT2D eigenvalue weighted by Crippen LogP contribution is -2.40. The maximum Gasteiger partial charge on any atom is 0.0593 e. The predicted octanol–water partition coefficient (Wildman–Crippen LogP) is 2.51. The van der Waals surface area contributed by atoms with E-state index in [1.54, 1.807) is 0 Å². The Hall–Kier alpha value is -0.120. The molecule has 3 heteroatoms. The highest BCUT2D eigenvalue weighted by molar-refractivity contribution is 4.82. The molecule has 1 saturated carbocycles. The van der Waals surface area contributed by atoms with Gasteiger partial charge in [-0.3, -0.25) is 4.90 Å². The zero-order chi connectivity index (χ0) is 13.5. The second-order valence-corrected chi connectivity index (χ2v) is 6.79. The van der Waals surface area contributed by atoms with Crippen LogP contribution in [0.3, 0.4) is 0 Å². The van der Waals surface area contributed by atoms with Gasteiger partial charge in [0.05, 0.1) is 6.61 Å². The molecule has 0 spiro atoms. The van der Waals surface area contributed by atoms with E-state index >= 15 is 0 Å². The maximum absolute atomic E-state index is 5.78. The number of hydrogen-bond donors (Lipinski definition) is 1. The fourth-order valence-corrected chi connectivity index (χ4v) is 2.76. The molecule has 0 aromatic heterocycles. The molecule has 2 fully saturated rings. The van der Waals surface area contributed by atoms with E-state index in [1.807, 2.05) is 0 Å². The third kappa shape index (κ3) is 6.73. The lowest BCUT2D eigenvalue weighted by molar-refractivity contribution is 0.0917. The Labute approximate surface area is 119 Å². The van der Waals surface area contributed by atoms with Crippen molar-refractivity contribution in [2.75, 3.05) is 39.4 Å². The van der Waals surface area contributed by atoms with Crippen molar-refractivity contribution in [1.29, 1.82) is 0 Å². The van der Waals surface area contributed by atoms with E-state index in [0.29, 0.717) is 0 Å². The van der Waals surface area contributed by atoms with Crippen LogP contribution in [0.1, 0.15) is 46.0 Å². The third-order valence-electron chi connectivity index (χ3n) is 4.25. The summed E-state index contributed by atoms with van der Waals surface area (Å²) in [5.41, 5.74) is 0. The summed E-state index contributed by atoms with van der Waals surface area (Å²) in [5.74, 6) is 1.74. The molecule has 2 rings (SSSR count). The summed E-state index contributed by atoms with van der Waals surface area (Å²) in [6, 6.07) is 0.731. The van der Waals surface area contributed by atoms with Crippen molar-refractivity contribution in [3.05, 3.63) is 0 Å². The second kappa shape index (κ2) is 8.23. The highest BCUT2D eigenvalue weighted by atomic mass is 16.5. The molecule has 0 bridgehead atoms. The van der Waals surface area contributed by atoms with Crippen molar-refractivity contribution in [3.8, 4) is 0 Å². The van der Waals surface area contributed by atoms with E-state index in [9.17, 15) is 0 Å². The molecule has 1 aliphatic carbocycles. The number of hydrogen-bond acceptors (Lipinski definition) is 3. The van der Waals surface area contributed by atoms with Crippen LogP contribution in [-0.4, -0.2) is 50.3 Å². The molecule has 112 valence electrons. The summed E-state index contributed by atoms with van der Waals surface area (Å²) in [6.07, 6.45) is 6.79. The number of nitrogens with zero attached hydrogens (tertiary/aromatic N) is 1. The quantitative estimate of drug-likeness (QED) is 0.616. The molecule has 1 saturated heterocycles. The van der Waals surface area contributed by atoms with E-state index < -0.39 is 0 Å². The van der Waals surface area contributed by atoms with Gasteiger partial charge in [0.15, 0.2) is 0 Å². The topological polar surface area (TPSA) is 24.5 Å². The van der Waals surface area contributed by atoms with Crippen molar-refractivity contribution < 1.29 is 4.74 Å². The van der Waals surface area contributed by atoms with Crippen molar-refractivity contribution in [3.63, 3.8) is 0 Å². The predicted molar refractivity (Wildman–Crippen MR) is 80.5 cm³/mol. The Morgan fingerprint density at radius 1 is 1.16 bits per heavy atom. The van der Waals surface area contributed by atoms with Crippen molar-refractivity contribution in [2.24, 2.45) is 11.8 Å². The molecule has 1 unspecified atom stereocenters. The Balaban J connectivity index is 1.59. The molecule has 1 heterocycles. The monoisotopic (exact) mass is 268 g/mol. The third-order valence-corrected chi connectivity index (χ3v) is 4.25. The van der Waals surface area contributed by atoms with Crippen LogP contribution in [0.25, 0.3) is 0 Å². The lowest BCUT2D eigenvalue weighted by atomic mass is 10.1. The number of nitrogens with one attached hydrogen (secondary N) is 1. The second-order valence-electron chi connectivity index (χ2n) is 6.79. The van der Waals surface area contributed by atoms with Crippen LogP contribution in [0.15, 0.2) is 0 Å². The van der Waals surface area contributed by atoms with Crippen LogP contribution in [0.5, 0.6) is 0 Å². The van der Waals surface area contributed by atoms with E-state index in [2.05, 4.69) is 24.1 Å². The van der Waals surface area contributed by atoms with Crippen LogP contribution in [-0.2, 0) is 4.74 Å². The van der Waals surface area contributed by atoms with Crippen LogP contribution in [0, 0.1) is 11.8 Å². The van der Waals surface area contributed by atoms with Crippen molar-refractivity contribution in [1.82, 2.24) is 10.2 Å². The van der Waals surface area contributed by atoms with Gasteiger partial charge >= 0.3 is 0 Å². The summed E-state index contributed by atoms with van der Waals surface area (Å²) in [7, 11) is 0. The molecular weight excluding hydrogens is 236 g/mol. The zero-order valence-electron chi connectivity index (χ0n) is 12.9. The van der Waals surface area contributed by atoms with Gasteiger partial charge in [-0.25, -0.2) is 0 Å². The smallest absolute Gasteiger partial charge is 0.0593 e. The van der Waals surface area contributed by atoms with Gasteiger partial charge in [-0.05, 0) is 50.5 Å². The average Bonchev–Trinajstić information content (AvgIpc) is 3.02. The molecular formula is C16H32N2O. The Morgan fingerprint density at radius 2 is 2.00 bits per heavy atom. The molecule has 1 aliphatic heterocycles. The van der Waals surface area contributed by atoms with Gasteiger partial charge in [0.1, 0.15) is 0 Å². The lowest BCUT2D eigenvalue weighted by Gasteiger charge is -2.25. The average molecular weight is 268 g/mol. The largest absolute Gasteiger partial charge is 0.380 e. The fourth-order valence-electron chi connectivity index (χ4n) is 2.76. The van der Waals surface area contributed by atoms with Crippen LogP contribution in [0.2, 0.25) is 0 Å². The molecule has 19 heavy (non-hydrogen) atoms. The van der Waals surface area contributed by atoms with E-state index in [1.165, 1.54) is 51.7 Å². The van der Waals surface area contributed by atoms with Gasteiger partial charge in [-0.2, -0.15) is 0 Å². The van der Waals surface area contributed by atoms with E-state index in [4.69, 9.17) is 4.74 Å². The molecule has 0 aromatic carbocycles. The van der Waals surface area contributed by atoms with Crippen LogP contribution < -0.4 is 5.32 Å². The standard InChI is InChI=1S/C16H32N2O/c1-14(2)7-10-19-11-9-18(12-15-5-6-15)13-16-4-3-8-17-16/h14-17H,3-13H2,1-2H3. The molecule has 0 aromatic rings. The first-order valence-corrected chi connectivity index (χ1v) is 8.27. The SMILES string of the molecule is CC(C)CCOCCN(CC1CC1)CC1CCCN1. The first-order valence-electron chi connectivity index (χ1n) is 8.27. The summed E-state index contributed by atoms with van der Waals surface area (Å²) < 4.78 is 5.78. The molecule has 2 aliphatic rings. The summed E-state index contributed by atoms with van der Waals surface area (Å²) in [6.45, 7) is 11.2. The van der Waals surface area contributed by atoms with Gasteiger partial charge in [-0.15, -0.1) is 0 Å². The zero-order valence-corrected chi connectivity index (χ0v) is 12.9. The molecule has 1 N–H and O–H groups in total. The van der Waals surface area contributed by atoms with Crippen molar-refractivity contribution in [2.45, 2.75) is 52.0 Å². The maximum atomic E-state index is 5.78. The first kappa shape index (κ1) is 15.3. The van der Waals surface area contributed by atoms with Crippen LogP contribution in [0.4, 0.5) is 0 Å². The highest BCUT2D eigenvalue weighted by Gasteiger charge is 2.26. The minimum Gasteiger partial charge on any atom is -0.380 e. The van der Waals surface area contributed by atoms with E-state index in [-0.39, 0.29) is 0 Å². The van der Waals surface area contributed by atoms with Crippen molar-refractivity contribution >= 4 is 0 Å². The minimum atomic E-state index is 0.731. The van der Waals surface area contributed by atoms with Crippen LogP contribution >= 0.6 is 0 Å². The number of rotatable bonds is 10. The van der Waals surface area contributed by atoms with E-state index in [0.717, 1.165) is 37.6 Å². The first-order chi connectivity index (χ1) is 9.24. The molecule has 1 atom stereocenters. The summed E-state index contributed by atoms with van der Waals surface area (Å²) in [5, 5.41) is 3.61. The Morgan fingerprint density at radius 3 is 2.63 bits per heavy atom. The minimum absolute atomic E-state index is 0.731. The Kier molecular flexibility index (Phi) is 6.62. The normalized spacial score (nSPS) is 23.7.